The van der Waals surface area contributed by atoms with Crippen molar-refractivity contribution in [2.75, 3.05) is 0 Å². The van der Waals surface area contributed by atoms with Gasteiger partial charge in [0.2, 0.25) is 0 Å². The van der Waals surface area contributed by atoms with Crippen LogP contribution in [0, 0.1) is 31.1 Å². The van der Waals surface area contributed by atoms with E-state index >= 15 is 0 Å². The SMILES string of the molecule is O.[2H][B]CC.[U]. The molecule has 3 heteroatoms. The largest absolute Gasteiger partial charge is 0.412 e. The van der Waals surface area contributed by atoms with E-state index in [1.54, 1.807) is 0 Å². The summed E-state index contributed by atoms with van der Waals surface area (Å²) >= 11 is 0. The van der Waals surface area contributed by atoms with E-state index < -0.39 is 0 Å². The molecule has 0 aromatic rings. The monoisotopic (exact) mass is 298 g/mol. The van der Waals surface area contributed by atoms with Gasteiger partial charge in [-0.1, -0.05) is 13.2 Å². The standard InChI is InChI=1S/C2H6B.H2O.U/c1-2-3;;/h3H,2H2,1H3;1H2;/i3D;;. The Kier molecular flexibility index (Phi) is 36.9. The van der Waals surface area contributed by atoms with Gasteiger partial charge >= 0.3 is 0 Å². The first-order valence-electron chi connectivity index (χ1n) is 1.69. The molecule has 5 heavy (non-hydrogen) atoms. The van der Waals surface area contributed by atoms with Gasteiger partial charge in [0, 0.05) is 31.1 Å². The molecule has 0 fully saturated rings. The molecular weight excluding hydrogens is 289 g/mol. The van der Waals surface area contributed by atoms with Crippen LogP contribution in [0.25, 0.3) is 0 Å². The molecular formula is C2H8BOU. The van der Waals surface area contributed by atoms with Crippen molar-refractivity contribution < 1.29 is 36.6 Å². The smallest absolute Gasteiger partial charge is 0.0861 e. The van der Waals surface area contributed by atoms with Crippen LogP contribution in [0.2, 0.25) is 6.32 Å². The van der Waals surface area contributed by atoms with E-state index in [0.29, 0.717) is 0 Å². The third-order valence-electron chi connectivity index (χ3n) is 0. The van der Waals surface area contributed by atoms with Gasteiger partial charge in [-0.2, -0.15) is 0 Å². The van der Waals surface area contributed by atoms with E-state index in [-0.39, 0.29) is 36.6 Å². The van der Waals surface area contributed by atoms with Crippen molar-refractivity contribution in [1.29, 1.82) is 1.34 Å². The van der Waals surface area contributed by atoms with Crippen LogP contribution in [0.5, 0.6) is 0 Å². The molecule has 0 atom stereocenters. The Labute approximate surface area is 59.0 Å². The molecule has 0 saturated carbocycles. The summed E-state index contributed by atoms with van der Waals surface area (Å²) in [5.74, 6) is 0. The molecule has 0 aliphatic rings. The summed E-state index contributed by atoms with van der Waals surface area (Å²) in [5.41, 5.74) is 0. The van der Waals surface area contributed by atoms with Gasteiger partial charge in [-0.05, 0) is 1.34 Å². The van der Waals surface area contributed by atoms with Gasteiger partial charge < -0.3 is 5.48 Å². The van der Waals surface area contributed by atoms with E-state index in [4.69, 9.17) is 1.34 Å². The van der Waals surface area contributed by atoms with Crippen LogP contribution in [0.15, 0.2) is 0 Å². The van der Waals surface area contributed by atoms with E-state index in [1.165, 1.54) is 7.81 Å². The minimum atomic E-state index is 0. The average molecular weight is 298 g/mol. The second kappa shape index (κ2) is 19.6. The molecule has 1 nitrogen and oxygen atoms in total. The molecule has 0 spiro atoms. The topological polar surface area (TPSA) is 31.5 Å². The zero-order chi connectivity index (χ0) is 3.41. The Morgan fingerprint density at radius 1 is 2.00 bits per heavy atom. The summed E-state index contributed by atoms with van der Waals surface area (Å²) in [6, 6.07) is 0. The van der Waals surface area contributed by atoms with Crippen molar-refractivity contribution in [3.8, 4) is 0 Å². The van der Waals surface area contributed by atoms with Crippen molar-refractivity contribution in [3.05, 3.63) is 0 Å². The van der Waals surface area contributed by atoms with Gasteiger partial charge in [-0.3, -0.25) is 0 Å². The molecule has 0 amide bonds. The first kappa shape index (κ1) is 9.42. The molecule has 0 aliphatic carbocycles. The normalized spacial score (nSPS) is 5.40. The Balaban J connectivity index is -0.0000000450. The third-order valence-corrected chi connectivity index (χ3v) is 0. The van der Waals surface area contributed by atoms with Crippen LogP contribution >= 0.6 is 0 Å². The predicted molar refractivity (Wildman–Crippen MR) is 21.2 cm³/mol. The number of rotatable bonds is 1. The average Bonchev–Trinajstić information content (AvgIpc) is 1.37. The summed E-state index contributed by atoms with van der Waals surface area (Å²) in [7, 11) is 1.38. The fourth-order valence-electron chi connectivity index (χ4n) is 0. The zero-order valence-electron chi connectivity index (χ0n) is 4.28. The van der Waals surface area contributed by atoms with Crippen LogP contribution in [-0.4, -0.2) is 14.6 Å². The van der Waals surface area contributed by atoms with Gasteiger partial charge in [0.1, 0.15) is 0 Å². The predicted octanol–water partition coefficient (Wildman–Crippen LogP) is -0.499. The molecule has 0 unspecified atom stereocenters. The van der Waals surface area contributed by atoms with E-state index in [2.05, 4.69) is 0 Å². The Morgan fingerprint density at radius 3 is 2.20 bits per heavy atom. The minimum absolute atomic E-state index is 0. The van der Waals surface area contributed by atoms with Crippen molar-refractivity contribution in [2.24, 2.45) is 0 Å². The van der Waals surface area contributed by atoms with Crippen molar-refractivity contribution in [2.45, 2.75) is 13.2 Å². The Morgan fingerprint density at radius 2 is 2.20 bits per heavy atom. The first-order chi connectivity index (χ1) is 1.91. The maximum Gasteiger partial charge on any atom is 0.0861 e. The fraction of sp³-hybridized carbons (Fsp3) is 1.00. The molecule has 0 aromatic heterocycles. The third kappa shape index (κ3) is 41.4. The van der Waals surface area contributed by atoms with E-state index in [9.17, 15) is 0 Å². The van der Waals surface area contributed by atoms with Crippen LogP contribution < -0.4 is 0 Å². The van der Waals surface area contributed by atoms with Gasteiger partial charge in [0.25, 0.3) is 0 Å². The minimum Gasteiger partial charge on any atom is -0.412 e. The molecule has 0 heterocycles. The fourth-order valence-corrected chi connectivity index (χ4v) is 0. The molecule has 0 saturated heterocycles. The van der Waals surface area contributed by atoms with Crippen LogP contribution in [0.4, 0.5) is 0 Å². The molecule has 1 radical (unpaired) electrons. The van der Waals surface area contributed by atoms with Gasteiger partial charge in [-0.25, -0.2) is 0 Å². The summed E-state index contributed by atoms with van der Waals surface area (Å²) in [5, 5.41) is 0. The molecule has 0 aliphatic heterocycles. The van der Waals surface area contributed by atoms with Gasteiger partial charge in [0.15, 0.2) is 0 Å². The maximum atomic E-state index is 6.33. The van der Waals surface area contributed by atoms with E-state index in [0.717, 1.165) is 6.32 Å². The van der Waals surface area contributed by atoms with Gasteiger partial charge in [0.05, 0.1) is 7.81 Å². The molecule has 0 rings (SSSR count). The molecule has 29 valence electrons. The van der Waals surface area contributed by atoms with Crippen molar-refractivity contribution >= 4 is 7.81 Å². The number of hydrogen-bond acceptors (Lipinski definition) is 0. The zero-order valence-corrected chi connectivity index (χ0v) is 7.45. The number of hydrogen-bond donors (Lipinski definition) is 0. The summed E-state index contributed by atoms with van der Waals surface area (Å²) < 4.78 is 6.33. The second-order valence-electron chi connectivity index (χ2n) is 0.408. The molecule has 2 N–H and O–H groups in total. The van der Waals surface area contributed by atoms with Crippen LogP contribution in [0.1, 0.15) is 6.92 Å². The Hall–Kier alpha value is 1.08. The van der Waals surface area contributed by atoms with E-state index in [1.807, 2.05) is 6.92 Å². The molecule has 0 aromatic carbocycles. The second-order valence-corrected chi connectivity index (χ2v) is 0.408. The molecule has 0 bridgehead atoms. The Bertz CT molecular complexity index is 15.5. The summed E-state index contributed by atoms with van der Waals surface area (Å²) in [6.07, 6.45) is 0.861. The van der Waals surface area contributed by atoms with Crippen molar-refractivity contribution in [1.82, 2.24) is 0 Å². The maximum absolute atomic E-state index is 6.33. The van der Waals surface area contributed by atoms with Crippen molar-refractivity contribution in [3.63, 3.8) is 0 Å². The quantitative estimate of drug-likeness (QED) is 0.585. The summed E-state index contributed by atoms with van der Waals surface area (Å²) in [6.45, 7) is 1.94. The van der Waals surface area contributed by atoms with Crippen LogP contribution in [-0.2, 0) is 0 Å². The van der Waals surface area contributed by atoms with Gasteiger partial charge in [-0.15, -0.1) is 0 Å². The van der Waals surface area contributed by atoms with Crippen LogP contribution in [0.3, 0.4) is 0 Å². The first-order valence-corrected chi connectivity index (χ1v) is 1.12. The summed E-state index contributed by atoms with van der Waals surface area (Å²) in [4.78, 5) is 0.